The van der Waals surface area contributed by atoms with Gasteiger partial charge in [0, 0.05) is 17.3 Å². The summed E-state index contributed by atoms with van der Waals surface area (Å²) in [6.45, 7) is 1.37. The molecule has 3 rings (SSSR count). The first-order valence-corrected chi connectivity index (χ1v) is 7.90. The van der Waals surface area contributed by atoms with E-state index in [1.807, 2.05) is 0 Å². The molecule has 144 valence electrons. The number of nitrogens with zero attached hydrogens (tertiary/aromatic N) is 2. The Bertz CT molecular complexity index is 913. The SMILES string of the molecule is Cc1cc(C2=NC(C)(C)Oc3c2ccc(OC(F)F)c3F)cnc1C(F)F. The van der Waals surface area contributed by atoms with E-state index in [0.29, 0.717) is 5.56 Å². The molecule has 0 spiro atoms. The Morgan fingerprint density at radius 3 is 2.44 bits per heavy atom. The molecule has 27 heavy (non-hydrogen) atoms. The normalized spacial score (nSPS) is 15.4. The van der Waals surface area contributed by atoms with Crippen molar-refractivity contribution in [1.82, 2.24) is 4.98 Å². The molecule has 0 saturated heterocycles. The number of benzene rings is 1. The van der Waals surface area contributed by atoms with Gasteiger partial charge in [-0.25, -0.2) is 13.8 Å². The number of rotatable bonds is 4. The van der Waals surface area contributed by atoms with Crippen LogP contribution in [0, 0.1) is 12.7 Å². The highest BCUT2D eigenvalue weighted by Gasteiger charge is 2.33. The van der Waals surface area contributed by atoms with Crippen molar-refractivity contribution in [3.8, 4) is 11.5 Å². The van der Waals surface area contributed by atoms with Crippen LogP contribution in [0.1, 0.15) is 42.7 Å². The molecule has 0 saturated carbocycles. The molecule has 4 nitrogen and oxygen atoms in total. The average Bonchev–Trinajstić information content (AvgIpc) is 2.56. The molecule has 2 heterocycles. The maximum absolute atomic E-state index is 14.6. The molecule has 9 heteroatoms. The molecule has 0 aliphatic carbocycles. The molecule has 0 unspecified atom stereocenters. The number of fused-ring (bicyclic) bond motifs is 1. The van der Waals surface area contributed by atoms with E-state index in [1.165, 1.54) is 25.3 Å². The number of pyridine rings is 1. The summed E-state index contributed by atoms with van der Waals surface area (Å²) in [5.41, 5.74) is -0.537. The summed E-state index contributed by atoms with van der Waals surface area (Å²) in [7, 11) is 0. The van der Waals surface area contributed by atoms with Gasteiger partial charge in [0.2, 0.25) is 5.82 Å². The molecule has 0 N–H and O–H groups in total. The molecule has 2 aromatic rings. The molecule has 0 fully saturated rings. The van der Waals surface area contributed by atoms with Crippen LogP contribution in [0.4, 0.5) is 22.0 Å². The molecule has 1 aliphatic rings. The second kappa shape index (κ2) is 6.79. The van der Waals surface area contributed by atoms with E-state index in [0.717, 1.165) is 6.07 Å². The zero-order valence-electron chi connectivity index (χ0n) is 14.6. The fourth-order valence-corrected chi connectivity index (χ4v) is 2.78. The molecular weight excluding hydrogens is 371 g/mol. The van der Waals surface area contributed by atoms with Gasteiger partial charge in [-0.3, -0.25) is 4.98 Å². The van der Waals surface area contributed by atoms with Gasteiger partial charge in [-0.2, -0.15) is 13.2 Å². The lowest BCUT2D eigenvalue weighted by Gasteiger charge is -2.31. The fourth-order valence-electron chi connectivity index (χ4n) is 2.78. The van der Waals surface area contributed by atoms with Crippen LogP contribution in [0.15, 0.2) is 29.4 Å². The molecule has 0 amide bonds. The number of halogens is 5. The Kier molecular flexibility index (Phi) is 4.79. The van der Waals surface area contributed by atoms with Gasteiger partial charge in [0.15, 0.2) is 17.2 Å². The number of hydrogen-bond acceptors (Lipinski definition) is 4. The number of ether oxygens (including phenoxy) is 2. The van der Waals surface area contributed by atoms with Gasteiger partial charge < -0.3 is 9.47 Å². The number of alkyl halides is 4. The predicted octanol–water partition coefficient (Wildman–Crippen LogP) is 5.03. The number of aryl methyl sites for hydroxylation is 1. The Morgan fingerprint density at radius 1 is 1.15 bits per heavy atom. The van der Waals surface area contributed by atoms with E-state index in [2.05, 4.69) is 14.7 Å². The van der Waals surface area contributed by atoms with Crippen molar-refractivity contribution in [2.75, 3.05) is 0 Å². The van der Waals surface area contributed by atoms with Crippen LogP contribution < -0.4 is 9.47 Å². The smallest absolute Gasteiger partial charge is 0.387 e. The van der Waals surface area contributed by atoms with Crippen molar-refractivity contribution in [3.05, 3.63) is 52.6 Å². The lowest BCUT2D eigenvalue weighted by Crippen LogP contribution is -2.33. The molecule has 0 bridgehead atoms. The Hall–Kier alpha value is -2.71. The second-order valence-corrected chi connectivity index (χ2v) is 6.37. The van der Waals surface area contributed by atoms with Crippen molar-refractivity contribution < 1.29 is 31.4 Å². The maximum Gasteiger partial charge on any atom is 0.387 e. The third-order valence-corrected chi connectivity index (χ3v) is 3.86. The van der Waals surface area contributed by atoms with Gasteiger partial charge in [0.1, 0.15) is 5.69 Å². The lowest BCUT2D eigenvalue weighted by atomic mass is 9.98. The van der Waals surface area contributed by atoms with E-state index in [9.17, 15) is 22.0 Å². The Morgan fingerprint density at radius 2 is 1.85 bits per heavy atom. The second-order valence-electron chi connectivity index (χ2n) is 6.37. The van der Waals surface area contributed by atoms with Gasteiger partial charge in [-0.1, -0.05) is 0 Å². The number of aliphatic imine (C=N–C) groups is 1. The predicted molar refractivity (Wildman–Crippen MR) is 87.3 cm³/mol. The van der Waals surface area contributed by atoms with Crippen LogP contribution in [0.5, 0.6) is 11.5 Å². The maximum atomic E-state index is 14.6. The summed E-state index contributed by atoms with van der Waals surface area (Å²) in [5.74, 6) is -2.07. The van der Waals surface area contributed by atoms with E-state index in [4.69, 9.17) is 4.74 Å². The topological polar surface area (TPSA) is 43.7 Å². The third kappa shape index (κ3) is 3.72. The van der Waals surface area contributed by atoms with Gasteiger partial charge in [0.05, 0.1) is 5.71 Å². The van der Waals surface area contributed by atoms with Crippen molar-refractivity contribution >= 4 is 5.71 Å². The van der Waals surface area contributed by atoms with Crippen LogP contribution in [0.2, 0.25) is 0 Å². The third-order valence-electron chi connectivity index (χ3n) is 3.86. The van der Waals surface area contributed by atoms with Crippen LogP contribution >= 0.6 is 0 Å². The van der Waals surface area contributed by atoms with Crippen molar-refractivity contribution in [3.63, 3.8) is 0 Å². The minimum Gasteiger partial charge on any atom is -0.463 e. The van der Waals surface area contributed by atoms with Crippen molar-refractivity contribution in [2.45, 2.75) is 39.5 Å². The summed E-state index contributed by atoms with van der Waals surface area (Å²) >= 11 is 0. The standard InChI is InChI=1S/C18H15F5N2O2/c1-8-6-9(7-24-13(8)16(20)21)14-10-4-5-11(26-17(22)23)12(19)15(10)27-18(2,3)25-14/h4-7,16-17H,1-3H3. The monoisotopic (exact) mass is 386 g/mol. The van der Waals surface area contributed by atoms with Crippen LogP contribution in [0.25, 0.3) is 0 Å². The van der Waals surface area contributed by atoms with Gasteiger partial charge >= 0.3 is 6.61 Å². The molecule has 0 radical (unpaired) electrons. The highest BCUT2D eigenvalue weighted by atomic mass is 19.3. The minimum absolute atomic E-state index is 0.180. The van der Waals surface area contributed by atoms with Gasteiger partial charge in [-0.05, 0) is 44.5 Å². The first-order chi connectivity index (χ1) is 12.6. The van der Waals surface area contributed by atoms with Crippen LogP contribution in [-0.2, 0) is 0 Å². The molecule has 1 aromatic carbocycles. The Labute approximate surface area is 151 Å². The Balaban J connectivity index is 2.14. The van der Waals surface area contributed by atoms with E-state index < -0.39 is 30.3 Å². The summed E-state index contributed by atoms with van der Waals surface area (Å²) in [6, 6.07) is 3.81. The first-order valence-electron chi connectivity index (χ1n) is 7.90. The van der Waals surface area contributed by atoms with E-state index in [-0.39, 0.29) is 28.3 Å². The van der Waals surface area contributed by atoms with E-state index in [1.54, 1.807) is 13.8 Å². The zero-order valence-corrected chi connectivity index (χ0v) is 14.6. The fraction of sp³-hybridized carbons (Fsp3) is 0.333. The van der Waals surface area contributed by atoms with Crippen molar-refractivity contribution in [2.24, 2.45) is 4.99 Å². The summed E-state index contributed by atoms with van der Waals surface area (Å²) < 4.78 is 75.0. The first kappa shape index (κ1) is 19.1. The highest BCUT2D eigenvalue weighted by Crippen LogP contribution is 2.39. The van der Waals surface area contributed by atoms with Crippen molar-refractivity contribution in [1.29, 1.82) is 0 Å². The molecule has 1 aromatic heterocycles. The minimum atomic E-state index is -3.20. The average molecular weight is 386 g/mol. The molecule has 0 atom stereocenters. The highest BCUT2D eigenvalue weighted by molar-refractivity contribution is 6.15. The summed E-state index contributed by atoms with van der Waals surface area (Å²) in [5, 5.41) is 0. The zero-order chi connectivity index (χ0) is 19.9. The van der Waals surface area contributed by atoms with Gasteiger partial charge in [-0.15, -0.1) is 0 Å². The quantitative estimate of drug-likeness (QED) is 0.692. The van der Waals surface area contributed by atoms with E-state index >= 15 is 0 Å². The van der Waals surface area contributed by atoms with Gasteiger partial charge in [0.25, 0.3) is 6.43 Å². The largest absolute Gasteiger partial charge is 0.463 e. The summed E-state index contributed by atoms with van der Waals surface area (Å²) in [4.78, 5) is 8.15. The molecule has 1 aliphatic heterocycles. The lowest BCUT2D eigenvalue weighted by molar-refractivity contribution is -0.0526. The molecular formula is C18H15F5N2O2. The summed E-state index contributed by atoms with van der Waals surface area (Å²) in [6.07, 6.45) is -1.52. The number of aromatic nitrogens is 1. The van der Waals surface area contributed by atoms with Crippen LogP contribution in [0.3, 0.4) is 0 Å². The number of hydrogen-bond donors (Lipinski definition) is 0. The van der Waals surface area contributed by atoms with Crippen LogP contribution in [-0.4, -0.2) is 23.0 Å².